The Morgan fingerprint density at radius 1 is 1.00 bits per heavy atom. The van der Waals surface area contributed by atoms with Gasteiger partial charge in [0.1, 0.15) is 5.75 Å². The van der Waals surface area contributed by atoms with Crippen LogP contribution in [0.5, 0.6) is 5.75 Å². The minimum absolute atomic E-state index is 0.0846. The maximum absolute atomic E-state index is 13.7. The number of anilines is 2. The van der Waals surface area contributed by atoms with E-state index in [2.05, 4.69) is 64.1 Å². The standard InChI is InChI=1S/C33H38N6O3/c1-22(2)29-18-9-23(3)19-30(29)42-21-31(40)39(28-16-14-26(15-17-28)25-7-5-4-6-8-25)20-24-10-12-27(13-11-24)32(41)34-33-35-37-38-36-33/h9-19,22,25H,4-8,20-21H2,1-3H3,(H2,34,35,36,37,38,41). The molecule has 218 valence electrons. The Bertz CT molecular complexity index is 1480. The van der Waals surface area contributed by atoms with Crippen molar-refractivity contribution in [1.29, 1.82) is 0 Å². The van der Waals surface area contributed by atoms with E-state index in [-0.39, 0.29) is 30.3 Å². The molecule has 0 saturated heterocycles. The van der Waals surface area contributed by atoms with Crippen LogP contribution in [-0.2, 0) is 11.3 Å². The van der Waals surface area contributed by atoms with Crippen LogP contribution >= 0.6 is 0 Å². The Hall–Kier alpha value is -4.53. The molecule has 1 aromatic heterocycles. The molecule has 9 heteroatoms. The van der Waals surface area contributed by atoms with Crippen LogP contribution in [0.2, 0.25) is 0 Å². The topological polar surface area (TPSA) is 113 Å². The van der Waals surface area contributed by atoms with Gasteiger partial charge in [-0.3, -0.25) is 14.9 Å². The summed E-state index contributed by atoms with van der Waals surface area (Å²) < 4.78 is 6.14. The Kier molecular flexibility index (Phi) is 9.26. The maximum atomic E-state index is 13.7. The average molecular weight is 567 g/mol. The van der Waals surface area contributed by atoms with E-state index in [0.717, 1.165) is 28.1 Å². The summed E-state index contributed by atoms with van der Waals surface area (Å²) in [6.07, 6.45) is 6.30. The average Bonchev–Trinajstić information content (AvgIpc) is 3.52. The van der Waals surface area contributed by atoms with E-state index in [1.807, 2.05) is 37.3 Å². The van der Waals surface area contributed by atoms with Crippen LogP contribution < -0.4 is 15.0 Å². The van der Waals surface area contributed by atoms with Crippen LogP contribution in [0.4, 0.5) is 11.6 Å². The highest BCUT2D eigenvalue weighted by molar-refractivity contribution is 6.03. The normalized spacial score (nSPS) is 13.6. The molecule has 2 amide bonds. The molecule has 2 N–H and O–H groups in total. The summed E-state index contributed by atoms with van der Waals surface area (Å²) in [6, 6.07) is 21.7. The van der Waals surface area contributed by atoms with Gasteiger partial charge >= 0.3 is 0 Å². The second-order valence-electron chi connectivity index (χ2n) is 11.3. The summed E-state index contributed by atoms with van der Waals surface area (Å²) in [5.74, 6) is 1.21. The molecule has 3 aromatic carbocycles. The maximum Gasteiger partial charge on any atom is 0.270 e. The lowest BCUT2D eigenvalue weighted by atomic mass is 9.84. The number of nitrogens with one attached hydrogen (secondary N) is 2. The number of rotatable bonds is 10. The van der Waals surface area contributed by atoms with Gasteiger partial charge in [-0.1, -0.05) is 74.6 Å². The number of ether oxygens (including phenoxy) is 1. The third kappa shape index (κ3) is 7.21. The first-order valence-corrected chi connectivity index (χ1v) is 14.6. The SMILES string of the molecule is Cc1ccc(C(C)C)c(OCC(=O)N(Cc2ccc(C(=O)Nc3nn[nH]n3)cc2)c2ccc(C3CCCCC3)cc2)c1. The van der Waals surface area contributed by atoms with Crippen molar-refractivity contribution in [2.24, 2.45) is 0 Å². The summed E-state index contributed by atoms with van der Waals surface area (Å²) in [4.78, 5) is 28.0. The zero-order valence-electron chi connectivity index (χ0n) is 24.5. The molecule has 1 heterocycles. The van der Waals surface area contributed by atoms with E-state index < -0.39 is 0 Å². The molecule has 42 heavy (non-hydrogen) atoms. The fraction of sp³-hybridized carbons (Fsp3) is 0.364. The van der Waals surface area contributed by atoms with Gasteiger partial charge in [0.25, 0.3) is 17.8 Å². The van der Waals surface area contributed by atoms with Crippen molar-refractivity contribution in [3.8, 4) is 5.75 Å². The molecular weight excluding hydrogens is 528 g/mol. The summed E-state index contributed by atoms with van der Waals surface area (Å²) >= 11 is 0. The number of carbonyl (C=O) groups is 2. The summed E-state index contributed by atoms with van der Waals surface area (Å²) in [6.45, 7) is 6.50. The molecule has 4 aromatic rings. The fourth-order valence-electron chi connectivity index (χ4n) is 5.48. The Balaban J connectivity index is 1.34. The molecule has 5 rings (SSSR count). The smallest absolute Gasteiger partial charge is 0.270 e. The monoisotopic (exact) mass is 566 g/mol. The summed E-state index contributed by atoms with van der Waals surface area (Å²) in [7, 11) is 0. The molecule has 0 atom stereocenters. The molecule has 1 fully saturated rings. The fourth-order valence-corrected chi connectivity index (χ4v) is 5.48. The van der Waals surface area contributed by atoms with Crippen molar-refractivity contribution in [3.63, 3.8) is 0 Å². The number of amides is 2. The van der Waals surface area contributed by atoms with Gasteiger partial charge in [0.2, 0.25) is 0 Å². The van der Waals surface area contributed by atoms with Crippen molar-refractivity contribution in [1.82, 2.24) is 20.6 Å². The molecular formula is C33H38N6O3. The largest absolute Gasteiger partial charge is 0.483 e. The van der Waals surface area contributed by atoms with E-state index in [9.17, 15) is 9.59 Å². The molecule has 0 aliphatic heterocycles. The number of benzene rings is 3. The first-order chi connectivity index (χ1) is 20.4. The molecule has 0 radical (unpaired) electrons. The van der Waals surface area contributed by atoms with Crippen molar-refractivity contribution in [2.75, 3.05) is 16.8 Å². The number of aryl methyl sites for hydroxylation is 1. The highest BCUT2D eigenvalue weighted by Gasteiger charge is 2.21. The van der Waals surface area contributed by atoms with Gasteiger partial charge in [-0.2, -0.15) is 5.21 Å². The Morgan fingerprint density at radius 3 is 2.40 bits per heavy atom. The van der Waals surface area contributed by atoms with Crippen LogP contribution in [0, 0.1) is 6.92 Å². The van der Waals surface area contributed by atoms with Crippen LogP contribution in [0.25, 0.3) is 0 Å². The van der Waals surface area contributed by atoms with E-state index in [4.69, 9.17) is 4.74 Å². The zero-order chi connectivity index (χ0) is 29.5. The van der Waals surface area contributed by atoms with Crippen LogP contribution in [0.1, 0.15) is 90.4 Å². The number of aromatic amines is 1. The first kappa shape index (κ1) is 29.0. The van der Waals surface area contributed by atoms with Gasteiger partial charge in [-0.05, 0) is 89.4 Å². The molecule has 1 aliphatic carbocycles. The van der Waals surface area contributed by atoms with Crippen molar-refractivity contribution >= 4 is 23.5 Å². The number of tetrazole rings is 1. The number of aromatic nitrogens is 4. The lowest BCUT2D eigenvalue weighted by Gasteiger charge is -2.26. The highest BCUT2D eigenvalue weighted by Crippen LogP contribution is 2.34. The first-order valence-electron chi connectivity index (χ1n) is 14.6. The second kappa shape index (κ2) is 13.4. The van der Waals surface area contributed by atoms with Gasteiger partial charge in [-0.15, -0.1) is 5.10 Å². The molecule has 1 saturated carbocycles. The minimum atomic E-state index is -0.346. The number of hydrogen-bond donors (Lipinski definition) is 2. The molecule has 0 unspecified atom stereocenters. The lowest BCUT2D eigenvalue weighted by Crippen LogP contribution is -2.34. The third-order valence-electron chi connectivity index (χ3n) is 7.85. The van der Waals surface area contributed by atoms with Gasteiger partial charge < -0.3 is 9.64 Å². The number of carbonyl (C=O) groups excluding carboxylic acids is 2. The number of hydrogen-bond acceptors (Lipinski definition) is 6. The number of nitrogens with zero attached hydrogens (tertiary/aromatic N) is 4. The van der Waals surface area contributed by atoms with Gasteiger partial charge in [0.15, 0.2) is 6.61 Å². The second-order valence-corrected chi connectivity index (χ2v) is 11.3. The van der Waals surface area contributed by atoms with Crippen LogP contribution in [0.3, 0.4) is 0 Å². The highest BCUT2D eigenvalue weighted by atomic mass is 16.5. The van der Waals surface area contributed by atoms with E-state index >= 15 is 0 Å². The number of H-pyrrole nitrogens is 1. The summed E-state index contributed by atoms with van der Waals surface area (Å²) in [5, 5.41) is 15.8. The predicted octanol–water partition coefficient (Wildman–Crippen LogP) is 6.54. The van der Waals surface area contributed by atoms with Gasteiger partial charge in [0.05, 0.1) is 6.54 Å². The third-order valence-corrected chi connectivity index (χ3v) is 7.85. The van der Waals surface area contributed by atoms with Gasteiger partial charge in [0, 0.05) is 11.3 Å². The zero-order valence-corrected chi connectivity index (χ0v) is 24.5. The molecule has 0 spiro atoms. The van der Waals surface area contributed by atoms with E-state index in [1.54, 1.807) is 17.0 Å². The van der Waals surface area contributed by atoms with Crippen molar-refractivity contribution in [2.45, 2.75) is 71.3 Å². The van der Waals surface area contributed by atoms with Crippen LogP contribution in [-0.4, -0.2) is 39.0 Å². The Labute approximate surface area is 246 Å². The van der Waals surface area contributed by atoms with Gasteiger partial charge in [-0.25, -0.2) is 0 Å². The van der Waals surface area contributed by atoms with Crippen molar-refractivity contribution in [3.05, 3.63) is 94.5 Å². The molecule has 1 aliphatic rings. The lowest BCUT2D eigenvalue weighted by molar-refractivity contribution is -0.120. The van der Waals surface area contributed by atoms with E-state index in [0.29, 0.717) is 18.0 Å². The predicted molar refractivity (Wildman–Crippen MR) is 163 cm³/mol. The van der Waals surface area contributed by atoms with Crippen LogP contribution in [0.15, 0.2) is 66.7 Å². The minimum Gasteiger partial charge on any atom is -0.483 e. The molecule has 0 bridgehead atoms. The Morgan fingerprint density at radius 2 is 1.74 bits per heavy atom. The molecule has 9 nitrogen and oxygen atoms in total. The van der Waals surface area contributed by atoms with E-state index in [1.165, 1.54) is 37.7 Å². The quantitative estimate of drug-likeness (QED) is 0.225. The van der Waals surface area contributed by atoms with Crippen molar-refractivity contribution < 1.29 is 14.3 Å². The summed E-state index contributed by atoms with van der Waals surface area (Å²) in [5.41, 5.74) is 5.64.